The van der Waals surface area contributed by atoms with Crippen LogP contribution >= 0.6 is 0 Å². The number of carbonyl (C=O) groups excluding carboxylic acids is 3. The standard InChI is InChI=1S/C27H38O10/c1-14(29)36-17-9-21(31)26(13-28)23-19(4-6-25(26,33)10-17)27(34)7-5-18(16-8-22(32)35-12-16)24(27,3)11-20(23)37-15(2)30/h8,17-21,23,28,31,33-34H,4-7,9-13H2,1-3H3/t17-,18-,19-,20+,21-,23-,24-,25+,26-,27-/m1/s1. The highest BCUT2D eigenvalue weighted by molar-refractivity contribution is 5.85. The van der Waals surface area contributed by atoms with Crippen molar-refractivity contribution < 1.29 is 49.0 Å². The molecule has 0 aromatic heterocycles. The van der Waals surface area contributed by atoms with Crippen molar-refractivity contribution >= 4 is 17.9 Å². The van der Waals surface area contributed by atoms with Crippen LogP contribution in [0.4, 0.5) is 0 Å². The Hall–Kier alpha value is -2.01. The van der Waals surface area contributed by atoms with E-state index in [-0.39, 0.29) is 38.2 Å². The van der Waals surface area contributed by atoms with Gasteiger partial charge >= 0.3 is 17.9 Å². The summed E-state index contributed by atoms with van der Waals surface area (Å²) in [6, 6.07) is 0. The van der Waals surface area contributed by atoms with Gasteiger partial charge in [-0.2, -0.15) is 0 Å². The third-order valence-electron chi connectivity index (χ3n) is 10.7. The molecule has 0 amide bonds. The second kappa shape index (κ2) is 8.76. The lowest BCUT2D eigenvalue weighted by Crippen LogP contribution is -2.76. The zero-order valence-corrected chi connectivity index (χ0v) is 21.6. The predicted octanol–water partition coefficient (Wildman–Crippen LogP) is 0.775. The SMILES string of the molecule is CC(=O)O[C@@H]1C[C@@H](O)[C@]2(CO)[C@H]3[C@@H](OC(C)=O)C[C@]4(C)[C@@H](C5=CC(=O)OC5)CC[C@@]4(O)[C@@H]3CC[C@]2(O)C1. The molecule has 0 saturated heterocycles. The van der Waals surface area contributed by atoms with E-state index in [9.17, 15) is 34.8 Å². The van der Waals surface area contributed by atoms with Crippen LogP contribution in [-0.2, 0) is 28.6 Å². The number of fused-ring (bicyclic) bond motifs is 5. The van der Waals surface area contributed by atoms with Gasteiger partial charge in [0.25, 0.3) is 0 Å². The van der Waals surface area contributed by atoms with Gasteiger partial charge in [-0.25, -0.2) is 4.79 Å². The molecule has 10 heteroatoms. The summed E-state index contributed by atoms with van der Waals surface area (Å²) in [5, 5.41) is 46.9. The molecule has 206 valence electrons. The van der Waals surface area contributed by atoms with Gasteiger partial charge in [-0.1, -0.05) is 6.92 Å². The zero-order valence-electron chi connectivity index (χ0n) is 21.6. The summed E-state index contributed by atoms with van der Waals surface area (Å²) in [5.74, 6) is -2.86. The molecule has 0 aromatic rings. The Labute approximate surface area is 216 Å². The average Bonchev–Trinajstić information content (AvgIpc) is 3.32. The molecule has 4 saturated carbocycles. The van der Waals surface area contributed by atoms with E-state index in [1.54, 1.807) is 0 Å². The Morgan fingerprint density at radius 1 is 1.11 bits per heavy atom. The van der Waals surface area contributed by atoms with Gasteiger partial charge in [0, 0.05) is 44.1 Å². The zero-order chi connectivity index (χ0) is 27.0. The number of cyclic esters (lactones) is 1. The van der Waals surface area contributed by atoms with Crippen LogP contribution in [0.3, 0.4) is 0 Å². The fraction of sp³-hybridized carbons (Fsp3) is 0.815. The van der Waals surface area contributed by atoms with E-state index in [4.69, 9.17) is 14.2 Å². The maximum Gasteiger partial charge on any atom is 0.331 e. The van der Waals surface area contributed by atoms with Crippen molar-refractivity contribution in [3.05, 3.63) is 11.6 Å². The number of aliphatic hydroxyl groups excluding tert-OH is 2. The monoisotopic (exact) mass is 522 g/mol. The first kappa shape index (κ1) is 26.6. The molecule has 4 fully saturated rings. The smallest absolute Gasteiger partial charge is 0.331 e. The van der Waals surface area contributed by atoms with Gasteiger partial charge in [0.05, 0.1) is 29.3 Å². The first-order chi connectivity index (χ1) is 17.3. The Morgan fingerprint density at radius 3 is 2.41 bits per heavy atom. The van der Waals surface area contributed by atoms with Crippen molar-refractivity contribution in [2.75, 3.05) is 13.2 Å². The maximum atomic E-state index is 12.4. The molecule has 4 N–H and O–H groups in total. The Morgan fingerprint density at radius 2 is 1.81 bits per heavy atom. The Balaban J connectivity index is 1.59. The molecular weight excluding hydrogens is 484 g/mol. The van der Waals surface area contributed by atoms with Crippen molar-refractivity contribution in [3.63, 3.8) is 0 Å². The van der Waals surface area contributed by atoms with Crippen molar-refractivity contribution in [2.45, 2.75) is 95.2 Å². The van der Waals surface area contributed by atoms with E-state index in [0.29, 0.717) is 19.3 Å². The first-order valence-electron chi connectivity index (χ1n) is 13.3. The number of carbonyl (C=O) groups is 3. The second-order valence-corrected chi connectivity index (χ2v) is 12.2. The van der Waals surface area contributed by atoms with Crippen molar-refractivity contribution in [1.29, 1.82) is 0 Å². The number of rotatable bonds is 4. The summed E-state index contributed by atoms with van der Waals surface area (Å²) >= 11 is 0. The summed E-state index contributed by atoms with van der Waals surface area (Å²) in [7, 11) is 0. The van der Waals surface area contributed by atoms with Crippen LogP contribution in [0.25, 0.3) is 0 Å². The highest BCUT2D eigenvalue weighted by atomic mass is 16.6. The van der Waals surface area contributed by atoms with Gasteiger partial charge in [0.2, 0.25) is 0 Å². The highest BCUT2D eigenvalue weighted by Gasteiger charge is 2.76. The summed E-state index contributed by atoms with van der Waals surface area (Å²) in [6.45, 7) is 4.11. The molecular formula is C27H38O10. The molecule has 10 atom stereocenters. The molecule has 0 bridgehead atoms. The lowest BCUT2D eigenvalue weighted by atomic mass is 9.40. The molecule has 0 radical (unpaired) electrons. The van der Waals surface area contributed by atoms with Crippen LogP contribution in [0.15, 0.2) is 11.6 Å². The largest absolute Gasteiger partial charge is 0.462 e. The molecule has 0 unspecified atom stereocenters. The lowest BCUT2D eigenvalue weighted by molar-refractivity contribution is -0.318. The second-order valence-electron chi connectivity index (χ2n) is 12.2. The van der Waals surface area contributed by atoms with Gasteiger partial charge in [-0.05, 0) is 49.5 Å². The lowest BCUT2D eigenvalue weighted by Gasteiger charge is -2.68. The van der Waals surface area contributed by atoms with Crippen molar-refractivity contribution in [1.82, 2.24) is 0 Å². The number of hydrogen-bond acceptors (Lipinski definition) is 10. The van der Waals surface area contributed by atoms with Crippen LogP contribution in [-0.4, -0.2) is 81.1 Å². The fourth-order valence-corrected chi connectivity index (χ4v) is 9.28. The third kappa shape index (κ3) is 3.62. The van der Waals surface area contributed by atoms with Gasteiger partial charge in [-0.3, -0.25) is 9.59 Å². The fourth-order valence-electron chi connectivity index (χ4n) is 9.28. The minimum absolute atomic E-state index is 0.0170. The number of esters is 3. The topological polar surface area (TPSA) is 160 Å². The Bertz CT molecular complexity index is 1020. The van der Waals surface area contributed by atoms with E-state index in [1.165, 1.54) is 19.9 Å². The molecule has 5 rings (SSSR count). The molecule has 5 aliphatic rings. The molecule has 1 heterocycles. The first-order valence-corrected chi connectivity index (χ1v) is 13.3. The predicted molar refractivity (Wildman–Crippen MR) is 126 cm³/mol. The van der Waals surface area contributed by atoms with E-state index in [1.807, 2.05) is 6.92 Å². The molecule has 4 aliphatic carbocycles. The maximum absolute atomic E-state index is 12.4. The molecule has 1 aliphatic heterocycles. The number of ether oxygens (including phenoxy) is 3. The summed E-state index contributed by atoms with van der Waals surface area (Å²) < 4.78 is 16.4. The van der Waals surface area contributed by atoms with Crippen LogP contribution in [0.5, 0.6) is 0 Å². The molecule has 37 heavy (non-hydrogen) atoms. The normalized spacial score (nSPS) is 48.7. The van der Waals surface area contributed by atoms with Crippen LogP contribution in [0, 0.1) is 28.6 Å². The van der Waals surface area contributed by atoms with Gasteiger partial charge in [0.15, 0.2) is 0 Å². The quantitative estimate of drug-likeness (QED) is 0.307. The van der Waals surface area contributed by atoms with E-state index in [2.05, 4.69) is 0 Å². The van der Waals surface area contributed by atoms with Crippen LogP contribution in [0.1, 0.15) is 65.7 Å². The van der Waals surface area contributed by atoms with Gasteiger partial charge < -0.3 is 34.6 Å². The van der Waals surface area contributed by atoms with E-state index in [0.717, 1.165) is 5.57 Å². The molecule has 0 spiro atoms. The number of aliphatic hydroxyl groups is 4. The third-order valence-corrected chi connectivity index (χ3v) is 10.7. The van der Waals surface area contributed by atoms with E-state index >= 15 is 0 Å². The summed E-state index contributed by atoms with van der Waals surface area (Å²) in [5.41, 5.74) is -4.29. The van der Waals surface area contributed by atoms with Gasteiger partial charge in [0.1, 0.15) is 18.8 Å². The highest BCUT2D eigenvalue weighted by Crippen LogP contribution is 2.71. The Kier molecular flexibility index (Phi) is 6.29. The molecule has 0 aromatic carbocycles. The van der Waals surface area contributed by atoms with Crippen LogP contribution < -0.4 is 0 Å². The van der Waals surface area contributed by atoms with E-state index < -0.39 is 76.7 Å². The minimum atomic E-state index is -1.60. The van der Waals surface area contributed by atoms with Crippen molar-refractivity contribution in [3.8, 4) is 0 Å². The summed E-state index contributed by atoms with van der Waals surface area (Å²) in [4.78, 5) is 35.8. The minimum Gasteiger partial charge on any atom is -0.462 e. The summed E-state index contributed by atoms with van der Waals surface area (Å²) in [6.07, 6.45) is 0.567. The van der Waals surface area contributed by atoms with Crippen molar-refractivity contribution in [2.24, 2.45) is 28.6 Å². The molecule has 10 nitrogen and oxygen atoms in total. The number of hydrogen-bond donors (Lipinski definition) is 4. The average molecular weight is 523 g/mol. The van der Waals surface area contributed by atoms with Crippen LogP contribution in [0.2, 0.25) is 0 Å². The van der Waals surface area contributed by atoms with Gasteiger partial charge in [-0.15, -0.1) is 0 Å².